The van der Waals surface area contributed by atoms with E-state index in [9.17, 15) is 9.90 Å². The van der Waals surface area contributed by atoms with E-state index in [0.29, 0.717) is 5.57 Å². The Labute approximate surface area is 85.4 Å². The van der Waals surface area contributed by atoms with Crippen LogP contribution in [0.25, 0.3) is 0 Å². The minimum absolute atomic E-state index is 0.207. The van der Waals surface area contributed by atoms with E-state index in [1.165, 1.54) is 0 Å². The van der Waals surface area contributed by atoms with E-state index in [-0.39, 0.29) is 4.48 Å². The maximum Gasteiger partial charge on any atom is 0.337 e. The third kappa shape index (κ3) is 3.12. The zero-order chi connectivity index (χ0) is 11.5. The third-order valence-electron chi connectivity index (χ3n) is 2.53. The second kappa shape index (κ2) is 4.57. The lowest BCUT2D eigenvalue weighted by Crippen LogP contribution is -2.55. The van der Waals surface area contributed by atoms with Crippen LogP contribution in [0.1, 0.15) is 20.8 Å². The molecule has 0 saturated carbocycles. The largest absolute Gasteiger partial charge is 0.409 e. The van der Waals surface area contributed by atoms with Gasteiger partial charge in [0, 0.05) is 19.4 Å². The summed E-state index contributed by atoms with van der Waals surface area (Å²) in [7, 11) is 3.59. The van der Waals surface area contributed by atoms with Crippen LogP contribution in [0.3, 0.4) is 0 Å². The SMILES string of the molecule is C=C(C)C(=O)OC(C)[N+](C)(C)C(C)O. The number of hydrogen-bond acceptors (Lipinski definition) is 3. The Morgan fingerprint density at radius 3 is 2.14 bits per heavy atom. The number of esters is 1. The van der Waals surface area contributed by atoms with Crippen LogP contribution in [0.5, 0.6) is 0 Å². The van der Waals surface area contributed by atoms with E-state index in [1.54, 1.807) is 34.9 Å². The molecule has 0 aliphatic heterocycles. The maximum absolute atomic E-state index is 11.2. The van der Waals surface area contributed by atoms with Gasteiger partial charge in [0.1, 0.15) is 0 Å². The number of hydrogen-bond donors (Lipinski definition) is 1. The van der Waals surface area contributed by atoms with Crippen LogP contribution < -0.4 is 0 Å². The van der Waals surface area contributed by atoms with Crippen molar-refractivity contribution in [2.24, 2.45) is 0 Å². The van der Waals surface area contributed by atoms with Crippen molar-refractivity contribution in [3.8, 4) is 0 Å². The Bertz CT molecular complexity index is 234. The highest BCUT2D eigenvalue weighted by atomic mass is 16.6. The van der Waals surface area contributed by atoms with Crippen molar-refractivity contribution in [1.82, 2.24) is 0 Å². The fourth-order valence-corrected chi connectivity index (χ4v) is 0.695. The molecule has 14 heavy (non-hydrogen) atoms. The number of nitrogens with zero attached hydrogens (tertiary/aromatic N) is 1. The Kier molecular flexibility index (Phi) is 4.29. The van der Waals surface area contributed by atoms with Crippen LogP contribution in [0.4, 0.5) is 0 Å². The van der Waals surface area contributed by atoms with Crippen LogP contribution in [0, 0.1) is 0 Å². The number of rotatable bonds is 4. The number of aliphatic hydroxyl groups excluding tert-OH is 1. The lowest BCUT2D eigenvalue weighted by molar-refractivity contribution is -0.972. The molecule has 2 unspecified atom stereocenters. The molecule has 4 heteroatoms. The van der Waals surface area contributed by atoms with E-state index in [0.717, 1.165) is 0 Å². The summed E-state index contributed by atoms with van der Waals surface area (Å²) >= 11 is 0. The van der Waals surface area contributed by atoms with Gasteiger partial charge < -0.3 is 9.84 Å². The van der Waals surface area contributed by atoms with Crippen molar-refractivity contribution in [3.63, 3.8) is 0 Å². The second-order valence-electron chi connectivity index (χ2n) is 4.05. The minimum Gasteiger partial charge on any atom is -0.409 e. The van der Waals surface area contributed by atoms with Crippen LogP contribution in [-0.2, 0) is 9.53 Å². The molecule has 1 N–H and O–H groups in total. The van der Waals surface area contributed by atoms with Crippen LogP contribution >= 0.6 is 0 Å². The summed E-state index contributed by atoms with van der Waals surface area (Å²) in [6.07, 6.45) is -0.998. The molecule has 0 fully saturated rings. The van der Waals surface area contributed by atoms with Gasteiger partial charge in [-0.25, -0.2) is 4.79 Å². The van der Waals surface area contributed by atoms with Crippen molar-refractivity contribution in [1.29, 1.82) is 0 Å². The third-order valence-corrected chi connectivity index (χ3v) is 2.53. The van der Waals surface area contributed by atoms with Crippen molar-refractivity contribution >= 4 is 5.97 Å². The van der Waals surface area contributed by atoms with Gasteiger partial charge in [0.15, 0.2) is 6.23 Å². The lowest BCUT2D eigenvalue weighted by Gasteiger charge is -2.37. The van der Waals surface area contributed by atoms with E-state index < -0.39 is 18.4 Å². The summed E-state index contributed by atoms with van der Waals surface area (Å²) in [6, 6.07) is 0. The van der Waals surface area contributed by atoms with Gasteiger partial charge in [0.2, 0.25) is 6.23 Å². The first-order valence-corrected chi connectivity index (χ1v) is 4.57. The summed E-state index contributed by atoms with van der Waals surface area (Å²) in [4.78, 5) is 11.2. The summed E-state index contributed by atoms with van der Waals surface area (Å²) in [5, 5.41) is 9.46. The molecule has 0 amide bonds. The number of quaternary nitrogens is 1. The molecule has 0 radical (unpaired) electrons. The van der Waals surface area contributed by atoms with Gasteiger partial charge in [-0.3, -0.25) is 4.48 Å². The molecule has 82 valence electrons. The summed E-state index contributed by atoms with van der Waals surface area (Å²) < 4.78 is 5.32. The molecule has 0 aromatic rings. The summed E-state index contributed by atoms with van der Waals surface area (Å²) in [6.45, 7) is 8.49. The molecular weight excluding hydrogens is 182 g/mol. The fraction of sp³-hybridized carbons (Fsp3) is 0.700. The summed E-state index contributed by atoms with van der Waals surface area (Å²) in [5.41, 5.74) is 0.363. The Balaban J connectivity index is 4.41. The van der Waals surface area contributed by atoms with Gasteiger partial charge in [-0.1, -0.05) is 6.58 Å². The first-order chi connectivity index (χ1) is 6.19. The highest BCUT2D eigenvalue weighted by molar-refractivity contribution is 5.86. The minimum atomic E-state index is -0.595. The maximum atomic E-state index is 11.2. The molecule has 0 aromatic carbocycles. The predicted molar refractivity (Wildman–Crippen MR) is 54.2 cm³/mol. The fourth-order valence-electron chi connectivity index (χ4n) is 0.695. The molecule has 0 rings (SSSR count). The van der Waals surface area contributed by atoms with Gasteiger partial charge in [-0.15, -0.1) is 0 Å². The van der Waals surface area contributed by atoms with Gasteiger partial charge in [0.25, 0.3) is 0 Å². The molecule has 0 aliphatic carbocycles. The number of aliphatic hydroxyl groups is 1. The highest BCUT2D eigenvalue weighted by Gasteiger charge is 2.31. The van der Waals surface area contributed by atoms with Gasteiger partial charge in [0.05, 0.1) is 14.1 Å². The monoisotopic (exact) mass is 202 g/mol. The Hall–Kier alpha value is -0.870. The van der Waals surface area contributed by atoms with Crippen LogP contribution in [-0.4, -0.2) is 42.1 Å². The highest BCUT2D eigenvalue weighted by Crippen LogP contribution is 2.13. The molecule has 0 bridgehead atoms. The molecular formula is C10H20NO3+. The van der Waals surface area contributed by atoms with Crippen molar-refractivity contribution in [2.75, 3.05) is 14.1 Å². The topological polar surface area (TPSA) is 46.5 Å². The quantitative estimate of drug-likeness (QED) is 0.318. The molecule has 0 heterocycles. The first kappa shape index (κ1) is 13.1. The van der Waals surface area contributed by atoms with Gasteiger partial charge in [-0.2, -0.15) is 0 Å². The zero-order valence-corrected chi connectivity index (χ0v) is 9.57. The van der Waals surface area contributed by atoms with E-state index in [1.807, 2.05) is 0 Å². The van der Waals surface area contributed by atoms with Crippen LogP contribution in [0.15, 0.2) is 12.2 Å². The number of carbonyl (C=O) groups is 1. The molecule has 2 atom stereocenters. The number of carbonyl (C=O) groups excluding carboxylic acids is 1. The van der Waals surface area contributed by atoms with Gasteiger partial charge >= 0.3 is 5.97 Å². The van der Waals surface area contributed by atoms with Gasteiger partial charge in [-0.05, 0) is 6.92 Å². The standard InChI is InChI=1S/C10H20NO3/c1-7(2)10(13)14-9(4)11(5,6)8(3)12/h8-9,12H,1H2,2-6H3/q+1. The van der Waals surface area contributed by atoms with Crippen molar-refractivity contribution in [2.45, 2.75) is 33.2 Å². The first-order valence-electron chi connectivity index (χ1n) is 4.57. The molecule has 0 aliphatic rings. The molecule has 0 spiro atoms. The molecule has 0 saturated heterocycles. The predicted octanol–water partition coefficient (Wildman–Crippen LogP) is 0.866. The van der Waals surface area contributed by atoms with E-state index >= 15 is 0 Å². The normalized spacial score (nSPS) is 15.9. The Morgan fingerprint density at radius 2 is 1.86 bits per heavy atom. The number of ether oxygens (including phenoxy) is 1. The second-order valence-corrected chi connectivity index (χ2v) is 4.05. The average molecular weight is 202 g/mol. The molecule has 0 aromatic heterocycles. The average Bonchev–Trinajstić information content (AvgIpc) is 2.03. The van der Waals surface area contributed by atoms with Crippen LogP contribution in [0.2, 0.25) is 0 Å². The van der Waals surface area contributed by atoms with E-state index in [2.05, 4.69) is 6.58 Å². The lowest BCUT2D eigenvalue weighted by atomic mass is 10.3. The zero-order valence-electron chi connectivity index (χ0n) is 9.57. The summed E-state index contributed by atoms with van der Waals surface area (Å²) in [5.74, 6) is -0.427. The smallest absolute Gasteiger partial charge is 0.337 e. The molecule has 4 nitrogen and oxygen atoms in total. The van der Waals surface area contributed by atoms with E-state index in [4.69, 9.17) is 4.74 Å². The van der Waals surface area contributed by atoms with Crippen molar-refractivity contribution in [3.05, 3.63) is 12.2 Å². The Morgan fingerprint density at radius 1 is 1.43 bits per heavy atom. The van der Waals surface area contributed by atoms with Crippen molar-refractivity contribution < 1.29 is 19.1 Å².